The zero-order chi connectivity index (χ0) is 17.0. The van der Waals surface area contributed by atoms with Gasteiger partial charge in [0, 0.05) is 17.8 Å². The van der Waals surface area contributed by atoms with Crippen molar-refractivity contribution in [1.29, 1.82) is 0 Å². The molecule has 128 valence electrons. The third-order valence-electron chi connectivity index (χ3n) is 5.08. The number of carbonyl (C=O) groups excluding carboxylic acids is 1. The molecule has 25 heavy (non-hydrogen) atoms. The van der Waals surface area contributed by atoms with Gasteiger partial charge in [-0.2, -0.15) is 4.98 Å². The lowest BCUT2D eigenvalue weighted by atomic mass is 10.2. The molecular weight excluding hydrogens is 318 g/mol. The molecule has 1 saturated carbocycles. The van der Waals surface area contributed by atoms with Gasteiger partial charge in [0.1, 0.15) is 5.58 Å². The van der Waals surface area contributed by atoms with Crippen LogP contribution >= 0.6 is 0 Å². The Morgan fingerprint density at radius 1 is 1.24 bits per heavy atom. The van der Waals surface area contributed by atoms with Crippen LogP contribution in [0.1, 0.15) is 65.5 Å². The summed E-state index contributed by atoms with van der Waals surface area (Å²) in [6.07, 6.45) is 4.03. The van der Waals surface area contributed by atoms with Gasteiger partial charge in [0.05, 0.1) is 6.04 Å². The van der Waals surface area contributed by atoms with Crippen LogP contribution in [0.15, 0.2) is 33.2 Å². The summed E-state index contributed by atoms with van der Waals surface area (Å²) in [7, 11) is 0. The number of aryl methyl sites for hydroxylation is 1. The summed E-state index contributed by atoms with van der Waals surface area (Å²) >= 11 is 0. The minimum Gasteiger partial charge on any atom is -0.451 e. The van der Waals surface area contributed by atoms with Crippen LogP contribution in [0.3, 0.4) is 0 Å². The van der Waals surface area contributed by atoms with Gasteiger partial charge in [-0.15, -0.1) is 0 Å². The monoisotopic (exact) mass is 337 g/mol. The predicted octanol–water partition coefficient (Wildman–Crippen LogP) is 3.98. The summed E-state index contributed by atoms with van der Waals surface area (Å²) in [6.45, 7) is 2.71. The summed E-state index contributed by atoms with van der Waals surface area (Å²) in [5, 5.41) is 5.08. The lowest BCUT2D eigenvalue weighted by Gasteiger charge is -2.20. The average molecular weight is 337 g/mol. The van der Waals surface area contributed by atoms with E-state index in [9.17, 15) is 4.79 Å². The molecule has 5 rings (SSSR count). The molecule has 1 aliphatic carbocycles. The van der Waals surface area contributed by atoms with Crippen LogP contribution in [0.2, 0.25) is 0 Å². The van der Waals surface area contributed by atoms with E-state index in [1.807, 2.05) is 36.1 Å². The van der Waals surface area contributed by atoms with Crippen LogP contribution in [-0.2, 0) is 0 Å². The molecule has 1 aliphatic heterocycles. The Morgan fingerprint density at radius 3 is 2.96 bits per heavy atom. The van der Waals surface area contributed by atoms with Crippen molar-refractivity contribution in [2.75, 3.05) is 6.54 Å². The Kier molecular flexibility index (Phi) is 3.20. The number of fused-ring (bicyclic) bond motifs is 1. The van der Waals surface area contributed by atoms with Gasteiger partial charge in [0.15, 0.2) is 11.6 Å². The highest BCUT2D eigenvalue weighted by atomic mass is 16.5. The molecule has 6 heteroatoms. The van der Waals surface area contributed by atoms with Crippen molar-refractivity contribution in [2.45, 2.75) is 44.6 Å². The van der Waals surface area contributed by atoms with Crippen molar-refractivity contribution in [3.05, 3.63) is 47.3 Å². The van der Waals surface area contributed by atoms with Crippen LogP contribution in [0.25, 0.3) is 11.0 Å². The lowest BCUT2D eigenvalue weighted by Crippen LogP contribution is -2.30. The number of nitrogens with zero attached hydrogens (tertiary/aromatic N) is 3. The minimum atomic E-state index is -0.126. The molecule has 6 nitrogen and oxygen atoms in total. The molecule has 2 aliphatic rings. The highest BCUT2D eigenvalue weighted by Gasteiger charge is 2.37. The predicted molar refractivity (Wildman–Crippen MR) is 90.2 cm³/mol. The molecule has 0 spiro atoms. The SMILES string of the molecule is Cc1ccc2oc(C(=O)N3CCCC3c3noc(C4CC4)n3)cc2c1. The van der Waals surface area contributed by atoms with Crippen LogP contribution in [0.5, 0.6) is 0 Å². The van der Waals surface area contributed by atoms with E-state index in [4.69, 9.17) is 8.94 Å². The molecule has 1 saturated heterocycles. The smallest absolute Gasteiger partial charge is 0.290 e. The van der Waals surface area contributed by atoms with Gasteiger partial charge in [0.25, 0.3) is 5.91 Å². The number of furan rings is 1. The fourth-order valence-corrected chi connectivity index (χ4v) is 3.57. The summed E-state index contributed by atoms with van der Waals surface area (Å²) in [6, 6.07) is 7.62. The first-order valence-electron chi connectivity index (χ1n) is 8.84. The number of benzene rings is 1. The van der Waals surface area contributed by atoms with E-state index in [1.165, 1.54) is 0 Å². The highest BCUT2D eigenvalue weighted by Crippen LogP contribution is 2.40. The van der Waals surface area contributed by atoms with Gasteiger partial charge >= 0.3 is 0 Å². The quantitative estimate of drug-likeness (QED) is 0.723. The number of hydrogen-bond donors (Lipinski definition) is 0. The van der Waals surface area contributed by atoms with Gasteiger partial charge in [-0.05, 0) is 50.8 Å². The Morgan fingerprint density at radius 2 is 2.12 bits per heavy atom. The Balaban J connectivity index is 1.44. The van der Waals surface area contributed by atoms with E-state index in [1.54, 1.807) is 0 Å². The van der Waals surface area contributed by atoms with Crippen molar-refractivity contribution >= 4 is 16.9 Å². The summed E-state index contributed by atoms with van der Waals surface area (Å²) in [4.78, 5) is 19.3. The maximum atomic E-state index is 13.0. The summed E-state index contributed by atoms with van der Waals surface area (Å²) in [5.41, 5.74) is 1.88. The summed E-state index contributed by atoms with van der Waals surface area (Å²) in [5.74, 6) is 2.03. The minimum absolute atomic E-state index is 0.103. The molecule has 3 heterocycles. The number of amides is 1. The van der Waals surface area contributed by atoms with E-state index in [-0.39, 0.29) is 11.9 Å². The van der Waals surface area contributed by atoms with Gasteiger partial charge in [-0.25, -0.2) is 0 Å². The number of carbonyl (C=O) groups is 1. The first-order chi connectivity index (χ1) is 12.2. The molecule has 1 aromatic carbocycles. The third-order valence-corrected chi connectivity index (χ3v) is 5.08. The normalized spacial score (nSPS) is 20.5. The highest BCUT2D eigenvalue weighted by molar-refractivity contribution is 5.96. The zero-order valence-electron chi connectivity index (χ0n) is 14.1. The van der Waals surface area contributed by atoms with Crippen molar-refractivity contribution in [3.63, 3.8) is 0 Å². The molecule has 1 atom stereocenters. The van der Waals surface area contributed by atoms with E-state index < -0.39 is 0 Å². The molecule has 2 aromatic heterocycles. The number of likely N-dealkylation sites (tertiary alicyclic amines) is 1. The van der Waals surface area contributed by atoms with Crippen molar-refractivity contribution < 1.29 is 13.7 Å². The second-order valence-electron chi connectivity index (χ2n) is 7.07. The maximum Gasteiger partial charge on any atom is 0.290 e. The molecule has 1 amide bonds. The van der Waals surface area contributed by atoms with Gasteiger partial charge in [-0.3, -0.25) is 4.79 Å². The lowest BCUT2D eigenvalue weighted by molar-refractivity contribution is 0.0698. The van der Waals surface area contributed by atoms with Gasteiger partial charge < -0.3 is 13.8 Å². The zero-order valence-corrected chi connectivity index (χ0v) is 14.1. The Labute approximate surface area is 144 Å². The standard InChI is InChI=1S/C19H19N3O3/c1-11-4-7-15-13(9-11)10-16(24-15)19(23)22-8-2-3-14(22)17-20-18(25-21-17)12-5-6-12/h4,7,9-10,12,14H,2-3,5-6,8H2,1H3. The topological polar surface area (TPSA) is 72.4 Å². The van der Waals surface area contributed by atoms with E-state index in [2.05, 4.69) is 10.1 Å². The number of aromatic nitrogens is 2. The average Bonchev–Trinajstić information content (AvgIpc) is 3.04. The van der Waals surface area contributed by atoms with Crippen LogP contribution in [0, 0.1) is 6.92 Å². The molecule has 0 bridgehead atoms. The van der Waals surface area contributed by atoms with Crippen molar-refractivity contribution in [3.8, 4) is 0 Å². The van der Waals surface area contributed by atoms with Crippen molar-refractivity contribution in [1.82, 2.24) is 15.0 Å². The van der Waals surface area contributed by atoms with Crippen LogP contribution in [-0.4, -0.2) is 27.5 Å². The van der Waals surface area contributed by atoms with E-state index >= 15 is 0 Å². The summed E-state index contributed by atoms with van der Waals surface area (Å²) < 4.78 is 11.2. The van der Waals surface area contributed by atoms with E-state index in [0.29, 0.717) is 29.9 Å². The molecule has 0 radical (unpaired) electrons. The van der Waals surface area contributed by atoms with Crippen LogP contribution < -0.4 is 0 Å². The fraction of sp³-hybridized carbons (Fsp3) is 0.421. The largest absolute Gasteiger partial charge is 0.451 e. The fourth-order valence-electron chi connectivity index (χ4n) is 3.57. The Bertz CT molecular complexity index is 954. The van der Waals surface area contributed by atoms with Crippen molar-refractivity contribution in [2.24, 2.45) is 0 Å². The van der Waals surface area contributed by atoms with Gasteiger partial charge in [0.2, 0.25) is 5.89 Å². The Hall–Kier alpha value is -2.63. The van der Waals surface area contributed by atoms with Gasteiger partial charge in [-0.1, -0.05) is 16.8 Å². The molecular formula is C19H19N3O3. The van der Waals surface area contributed by atoms with E-state index in [0.717, 1.165) is 42.2 Å². The number of rotatable bonds is 3. The molecule has 1 unspecified atom stereocenters. The molecule has 0 N–H and O–H groups in total. The maximum absolute atomic E-state index is 13.0. The second-order valence-corrected chi connectivity index (χ2v) is 7.07. The molecule has 2 fully saturated rings. The van der Waals surface area contributed by atoms with Crippen LogP contribution in [0.4, 0.5) is 0 Å². The molecule has 3 aromatic rings. The first-order valence-corrected chi connectivity index (χ1v) is 8.84. The second kappa shape index (κ2) is 5.44. The third kappa shape index (κ3) is 2.52. The first kappa shape index (κ1) is 14.7. The number of hydrogen-bond acceptors (Lipinski definition) is 5.